The number of benzene rings is 1. The molecular weight excluding hydrogens is 328 g/mol. The van der Waals surface area contributed by atoms with Gasteiger partial charge in [-0.05, 0) is 38.1 Å². The second-order valence-electron chi connectivity index (χ2n) is 5.27. The fourth-order valence-electron chi connectivity index (χ4n) is 1.85. The van der Waals surface area contributed by atoms with Gasteiger partial charge in [-0.25, -0.2) is 4.98 Å². The van der Waals surface area contributed by atoms with Crippen LogP contribution in [-0.2, 0) is 11.3 Å². The molecule has 0 aliphatic carbocycles. The summed E-state index contributed by atoms with van der Waals surface area (Å²) in [6, 6.07) is 8.86. The summed E-state index contributed by atoms with van der Waals surface area (Å²) in [7, 11) is 1.63. The van der Waals surface area contributed by atoms with Gasteiger partial charge in [0.15, 0.2) is 5.16 Å². The number of ether oxygens (including phenoxy) is 3. The van der Waals surface area contributed by atoms with Crippen LogP contribution in [-0.4, -0.2) is 35.5 Å². The topological polar surface area (TPSA) is 73.4 Å². The van der Waals surface area contributed by atoms with Gasteiger partial charge in [-0.3, -0.25) is 4.79 Å². The highest BCUT2D eigenvalue weighted by Crippen LogP contribution is 2.18. The highest BCUT2D eigenvalue weighted by molar-refractivity contribution is 7.99. The standard InChI is InChI=1S/C17H22N2O4S/c1-12(2)23-11-13-10-16(20)19-17(18-13)24-9-8-22-15-6-4-14(21-3)5-7-15/h4-7,10,12H,8-9,11H2,1-3H3,(H,18,19,20). The van der Waals surface area contributed by atoms with E-state index < -0.39 is 0 Å². The fourth-order valence-corrected chi connectivity index (χ4v) is 2.56. The highest BCUT2D eigenvalue weighted by Gasteiger charge is 2.04. The van der Waals surface area contributed by atoms with Crippen LogP contribution in [0.25, 0.3) is 0 Å². The van der Waals surface area contributed by atoms with E-state index in [2.05, 4.69) is 9.97 Å². The van der Waals surface area contributed by atoms with Crippen molar-refractivity contribution < 1.29 is 14.2 Å². The van der Waals surface area contributed by atoms with Gasteiger partial charge in [0.05, 0.1) is 32.1 Å². The zero-order valence-electron chi connectivity index (χ0n) is 14.1. The van der Waals surface area contributed by atoms with Gasteiger partial charge >= 0.3 is 0 Å². The van der Waals surface area contributed by atoms with Gasteiger partial charge in [0.2, 0.25) is 0 Å². The van der Waals surface area contributed by atoms with Crippen molar-refractivity contribution in [2.24, 2.45) is 0 Å². The lowest BCUT2D eigenvalue weighted by atomic mass is 10.3. The molecule has 1 aromatic carbocycles. The second kappa shape index (κ2) is 9.34. The number of aromatic amines is 1. The van der Waals surface area contributed by atoms with E-state index in [1.165, 1.54) is 17.8 Å². The third kappa shape index (κ3) is 6.25. The van der Waals surface area contributed by atoms with Gasteiger partial charge in [-0.1, -0.05) is 11.8 Å². The average Bonchev–Trinajstić information content (AvgIpc) is 2.57. The van der Waals surface area contributed by atoms with Crippen molar-refractivity contribution in [3.8, 4) is 11.5 Å². The molecule has 1 aromatic heterocycles. The van der Waals surface area contributed by atoms with Crippen LogP contribution in [0.2, 0.25) is 0 Å². The van der Waals surface area contributed by atoms with E-state index in [0.29, 0.717) is 29.8 Å². The van der Waals surface area contributed by atoms with Gasteiger partial charge in [-0.15, -0.1) is 0 Å². The van der Waals surface area contributed by atoms with Crippen LogP contribution in [0.15, 0.2) is 40.3 Å². The lowest BCUT2D eigenvalue weighted by Gasteiger charge is -2.08. The molecule has 1 heterocycles. The summed E-state index contributed by atoms with van der Waals surface area (Å²) < 4.78 is 16.2. The molecule has 0 saturated carbocycles. The van der Waals surface area contributed by atoms with Gasteiger partial charge < -0.3 is 19.2 Å². The lowest BCUT2D eigenvalue weighted by molar-refractivity contribution is 0.0631. The van der Waals surface area contributed by atoms with Gasteiger partial charge in [0.25, 0.3) is 5.56 Å². The molecule has 0 spiro atoms. The van der Waals surface area contributed by atoms with Crippen LogP contribution in [0.1, 0.15) is 19.5 Å². The number of aromatic nitrogens is 2. The molecule has 130 valence electrons. The Morgan fingerprint density at radius 3 is 2.58 bits per heavy atom. The normalized spacial score (nSPS) is 10.8. The van der Waals surface area contributed by atoms with Crippen LogP contribution in [0.4, 0.5) is 0 Å². The molecule has 0 fully saturated rings. The number of methoxy groups -OCH3 is 1. The van der Waals surface area contributed by atoms with Crippen molar-refractivity contribution >= 4 is 11.8 Å². The number of hydrogen-bond donors (Lipinski definition) is 1. The third-order valence-corrected chi connectivity index (χ3v) is 3.83. The molecule has 0 amide bonds. The molecule has 6 nitrogen and oxygen atoms in total. The summed E-state index contributed by atoms with van der Waals surface area (Å²) in [4.78, 5) is 18.8. The molecule has 24 heavy (non-hydrogen) atoms. The number of nitrogens with one attached hydrogen (secondary N) is 1. The predicted molar refractivity (Wildman–Crippen MR) is 94.0 cm³/mol. The van der Waals surface area contributed by atoms with Crippen LogP contribution >= 0.6 is 11.8 Å². The van der Waals surface area contributed by atoms with Crippen molar-refractivity contribution in [2.75, 3.05) is 19.5 Å². The number of rotatable bonds is 9. The van der Waals surface area contributed by atoms with Gasteiger partial charge in [0, 0.05) is 11.8 Å². The molecule has 0 aliphatic heterocycles. The molecule has 2 rings (SSSR count). The number of H-pyrrole nitrogens is 1. The van der Waals surface area contributed by atoms with E-state index in [9.17, 15) is 4.79 Å². The Morgan fingerprint density at radius 2 is 1.92 bits per heavy atom. The molecule has 7 heteroatoms. The quantitative estimate of drug-likeness (QED) is 0.426. The molecule has 0 saturated heterocycles. The summed E-state index contributed by atoms with van der Waals surface area (Å²) in [5.41, 5.74) is 0.456. The summed E-state index contributed by atoms with van der Waals surface area (Å²) in [5, 5.41) is 0.572. The fraction of sp³-hybridized carbons (Fsp3) is 0.412. The first-order chi connectivity index (χ1) is 11.6. The molecule has 0 aliphatic rings. The highest BCUT2D eigenvalue weighted by atomic mass is 32.2. The third-order valence-electron chi connectivity index (χ3n) is 2.99. The number of hydrogen-bond acceptors (Lipinski definition) is 6. The summed E-state index contributed by atoms with van der Waals surface area (Å²) in [5.74, 6) is 2.24. The predicted octanol–water partition coefficient (Wildman–Crippen LogP) is 2.87. The van der Waals surface area contributed by atoms with E-state index in [1.54, 1.807) is 7.11 Å². The van der Waals surface area contributed by atoms with Crippen molar-refractivity contribution in [1.29, 1.82) is 0 Å². The van der Waals surface area contributed by atoms with Gasteiger partial charge in [-0.2, -0.15) is 0 Å². The van der Waals surface area contributed by atoms with Crippen LogP contribution in [0.3, 0.4) is 0 Å². The monoisotopic (exact) mass is 350 g/mol. The largest absolute Gasteiger partial charge is 0.497 e. The van der Waals surface area contributed by atoms with Crippen LogP contribution < -0.4 is 15.0 Å². The Labute approximate surface area is 145 Å². The first kappa shape index (κ1) is 18.4. The van der Waals surface area contributed by atoms with Crippen molar-refractivity contribution in [1.82, 2.24) is 9.97 Å². The molecule has 1 N–H and O–H groups in total. The molecule has 0 atom stereocenters. The molecule has 2 aromatic rings. The van der Waals surface area contributed by atoms with E-state index in [-0.39, 0.29) is 11.7 Å². The Bertz CT molecular complexity index is 686. The minimum absolute atomic E-state index is 0.0973. The van der Waals surface area contributed by atoms with Crippen molar-refractivity contribution in [3.05, 3.63) is 46.4 Å². The SMILES string of the molecule is COc1ccc(OCCSc2nc(COC(C)C)cc(=O)[nH]2)cc1. The summed E-state index contributed by atoms with van der Waals surface area (Å²) in [6.45, 7) is 4.73. The van der Waals surface area contributed by atoms with Crippen LogP contribution in [0.5, 0.6) is 11.5 Å². The van der Waals surface area contributed by atoms with E-state index >= 15 is 0 Å². The Balaban J connectivity index is 1.81. The summed E-state index contributed by atoms with van der Waals surface area (Å²) >= 11 is 1.44. The Morgan fingerprint density at radius 1 is 1.21 bits per heavy atom. The molecule has 0 unspecified atom stereocenters. The Kier molecular flexibility index (Phi) is 7.14. The first-order valence-electron chi connectivity index (χ1n) is 7.68. The maximum absolute atomic E-state index is 11.7. The maximum Gasteiger partial charge on any atom is 0.251 e. The smallest absolute Gasteiger partial charge is 0.251 e. The molecule has 0 bridgehead atoms. The van der Waals surface area contributed by atoms with Crippen molar-refractivity contribution in [2.45, 2.75) is 31.7 Å². The zero-order valence-corrected chi connectivity index (χ0v) is 14.9. The second-order valence-corrected chi connectivity index (χ2v) is 6.36. The van der Waals surface area contributed by atoms with Crippen LogP contribution in [0, 0.1) is 0 Å². The summed E-state index contributed by atoms with van der Waals surface area (Å²) in [6.07, 6.45) is 0.0973. The molecular formula is C17H22N2O4S. The first-order valence-corrected chi connectivity index (χ1v) is 8.67. The number of thioether (sulfide) groups is 1. The minimum Gasteiger partial charge on any atom is -0.497 e. The van der Waals surface area contributed by atoms with E-state index in [4.69, 9.17) is 14.2 Å². The minimum atomic E-state index is -0.175. The number of nitrogens with zero attached hydrogens (tertiary/aromatic N) is 1. The lowest BCUT2D eigenvalue weighted by Crippen LogP contribution is -2.13. The van der Waals surface area contributed by atoms with E-state index in [1.807, 2.05) is 38.1 Å². The molecule has 0 radical (unpaired) electrons. The Hall–Kier alpha value is -1.99. The van der Waals surface area contributed by atoms with E-state index in [0.717, 1.165) is 11.5 Å². The average molecular weight is 350 g/mol. The zero-order chi connectivity index (χ0) is 17.4. The maximum atomic E-state index is 11.7. The van der Waals surface area contributed by atoms with Gasteiger partial charge in [0.1, 0.15) is 11.5 Å². The van der Waals surface area contributed by atoms with Crippen molar-refractivity contribution in [3.63, 3.8) is 0 Å².